The molecule has 5 heteroatoms. The van der Waals surface area contributed by atoms with Gasteiger partial charge >= 0.3 is 6.03 Å². The molecular weight excluding hydrogens is 248 g/mol. The van der Waals surface area contributed by atoms with E-state index in [1.165, 1.54) is 19.3 Å². The molecule has 0 radical (unpaired) electrons. The van der Waals surface area contributed by atoms with Gasteiger partial charge in [-0.05, 0) is 25.5 Å². The molecular formula is C13H26N2O2S. The highest BCUT2D eigenvalue weighted by atomic mass is 32.2. The first kappa shape index (κ1) is 15.6. The van der Waals surface area contributed by atoms with Crippen molar-refractivity contribution in [2.24, 2.45) is 0 Å². The SMILES string of the molecule is CCS[C@H]1CCCC[C@H]1NC(=O)N[C@@H](C)COC. The van der Waals surface area contributed by atoms with Crippen LogP contribution in [-0.4, -0.2) is 42.8 Å². The van der Waals surface area contributed by atoms with E-state index in [1.807, 2.05) is 18.7 Å². The topological polar surface area (TPSA) is 50.4 Å². The average Bonchev–Trinajstić information content (AvgIpc) is 2.32. The van der Waals surface area contributed by atoms with Crippen molar-refractivity contribution in [1.29, 1.82) is 0 Å². The van der Waals surface area contributed by atoms with Crippen LogP contribution in [0.25, 0.3) is 0 Å². The Morgan fingerprint density at radius 2 is 2.17 bits per heavy atom. The zero-order chi connectivity index (χ0) is 13.4. The maximum absolute atomic E-state index is 11.9. The Bertz CT molecular complexity index is 249. The molecule has 0 spiro atoms. The van der Waals surface area contributed by atoms with Crippen LogP contribution in [0.3, 0.4) is 0 Å². The highest BCUT2D eigenvalue weighted by molar-refractivity contribution is 7.99. The molecule has 18 heavy (non-hydrogen) atoms. The Labute approximate surface area is 115 Å². The van der Waals surface area contributed by atoms with Crippen LogP contribution in [0.5, 0.6) is 0 Å². The molecule has 0 unspecified atom stereocenters. The molecule has 1 aliphatic carbocycles. The summed E-state index contributed by atoms with van der Waals surface area (Å²) in [7, 11) is 1.64. The normalized spacial score (nSPS) is 25.5. The first-order valence-electron chi connectivity index (χ1n) is 6.85. The molecule has 0 saturated heterocycles. The molecule has 1 fully saturated rings. The zero-order valence-electron chi connectivity index (χ0n) is 11.7. The van der Waals surface area contributed by atoms with E-state index < -0.39 is 0 Å². The van der Waals surface area contributed by atoms with Crippen LogP contribution in [0.2, 0.25) is 0 Å². The van der Waals surface area contributed by atoms with Gasteiger partial charge in [0, 0.05) is 18.4 Å². The smallest absolute Gasteiger partial charge is 0.315 e. The van der Waals surface area contributed by atoms with Crippen molar-refractivity contribution >= 4 is 17.8 Å². The molecule has 3 atom stereocenters. The molecule has 0 aromatic heterocycles. The Morgan fingerprint density at radius 1 is 1.44 bits per heavy atom. The fourth-order valence-electron chi connectivity index (χ4n) is 2.40. The summed E-state index contributed by atoms with van der Waals surface area (Å²) in [6.45, 7) is 4.67. The number of nitrogens with one attached hydrogen (secondary N) is 2. The Balaban J connectivity index is 2.36. The summed E-state index contributed by atoms with van der Waals surface area (Å²) in [5.74, 6) is 1.12. The van der Waals surface area contributed by atoms with Gasteiger partial charge in [0.05, 0.1) is 12.6 Å². The molecule has 1 rings (SSSR count). The minimum atomic E-state index is -0.0619. The van der Waals surface area contributed by atoms with Crippen LogP contribution in [-0.2, 0) is 4.74 Å². The summed E-state index contributed by atoms with van der Waals surface area (Å²) in [6, 6.07) is 0.308. The third kappa shape index (κ3) is 5.48. The van der Waals surface area contributed by atoms with E-state index in [0.29, 0.717) is 17.9 Å². The van der Waals surface area contributed by atoms with E-state index >= 15 is 0 Å². The molecule has 0 heterocycles. The standard InChI is InChI=1S/C13H26N2O2S/c1-4-18-12-8-6-5-7-11(12)15-13(16)14-10(2)9-17-3/h10-12H,4-9H2,1-3H3,(H2,14,15,16)/t10-,11+,12-/m0/s1. The summed E-state index contributed by atoms with van der Waals surface area (Å²) < 4.78 is 5.01. The van der Waals surface area contributed by atoms with Gasteiger partial charge in [0.25, 0.3) is 0 Å². The monoisotopic (exact) mass is 274 g/mol. The van der Waals surface area contributed by atoms with Crippen LogP contribution in [0.1, 0.15) is 39.5 Å². The lowest BCUT2D eigenvalue weighted by molar-refractivity contribution is 0.169. The summed E-state index contributed by atoms with van der Waals surface area (Å²) in [5.41, 5.74) is 0. The fourth-order valence-corrected chi connectivity index (χ4v) is 3.60. The van der Waals surface area contributed by atoms with Gasteiger partial charge in [0.1, 0.15) is 0 Å². The van der Waals surface area contributed by atoms with Crippen molar-refractivity contribution in [2.45, 2.75) is 56.9 Å². The first-order chi connectivity index (χ1) is 8.67. The molecule has 2 N–H and O–H groups in total. The van der Waals surface area contributed by atoms with Crippen molar-refractivity contribution in [3.63, 3.8) is 0 Å². The van der Waals surface area contributed by atoms with Crippen molar-refractivity contribution in [3.05, 3.63) is 0 Å². The van der Waals surface area contributed by atoms with Gasteiger partial charge in [-0.1, -0.05) is 19.8 Å². The first-order valence-corrected chi connectivity index (χ1v) is 7.89. The second kappa shape index (κ2) is 8.64. The number of rotatable bonds is 6. The predicted octanol–water partition coefficient (Wildman–Crippen LogP) is 2.38. The molecule has 0 aromatic rings. The van der Waals surface area contributed by atoms with Crippen LogP contribution < -0.4 is 10.6 Å². The summed E-state index contributed by atoms with van der Waals surface area (Å²) in [6.07, 6.45) is 4.83. The van der Waals surface area contributed by atoms with Crippen molar-refractivity contribution < 1.29 is 9.53 Å². The lowest BCUT2D eigenvalue weighted by Crippen LogP contribution is -2.50. The number of methoxy groups -OCH3 is 1. The molecule has 4 nitrogen and oxygen atoms in total. The fraction of sp³-hybridized carbons (Fsp3) is 0.923. The quantitative estimate of drug-likeness (QED) is 0.782. The van der Waals surface area contributed by atoms with Crippen LogP contribution in [0.15, 0.2) is 0 Å². The molecule has 0 bridgehead atoms. The second-order valence-electron chi connectivity index (χ2n) is 4.86. The predicted molar refractivity (Wildman–Crippen MR) is 77.2 cm³/mol. The Kier molecular flexibility index (Phi) is 7.51. The molecule has 1 saturated carbocycles. The van der Waals surface area contributed by atoms with Crippen molar-refractivity contribution in [1.82, 2.24) is 10.6 Å². The Hall–Kier alpha value is -0.420. The third-order valence-corrected chi connectivity index (χ3v) is 4.52. The number of hydrogen-bond acceptors (Lipinski definition) is 3. The number of hydrogen-bond donors (Lipinski definition) is 2. The number of ether oxygens (including phenoxy) is 1. The van der Waals surface area contributed by atoms with Gasteiger partial charge in [-0.25, -0.2) is 4.79 Å². The summed E-state index contributed by atoms with van der Waals surface area (Å²) in [4.78, 5) is 11.9. The molecule has 0 aliphatic heterocycles. The highest BCUT2D eigenvalue weighted by Crippen LogP contribution is 2.28. The van der Waals surface area contributed by atoms with Gasteiger partial charge in [-0.3, -0.25) is 0 Å². The maximum Gasteiger partial charge on any atom is 0.315 e. The van der Waals surface area contributed by atoms with E-state index in [0.717, 1.165) is 12.2 Å². The van der Waals surface area contributed by atoms with E-state index in [1.54, 1.807) is 7.11 Å². The maximum atomic E-state index is 11.9. The minimum Gasteiger partial charge on any atom is -0.383 e. The average molecular weight is 274 g/mol. The lowest BCUT2D eigenvalue weighted by Gasteiger charge is -2.32. The molecule has 0 aromatic carbocycles. The number of amides is 2. The number of carbonyl (C=O) groups is 1. The van der Waals surface area contributed by atoms with Gasteiger partial charge in [0.2, 0.25) is 0 Å². The van der Waals surface area contributed by atoms with Crippen LogP contribution in [0, 0.1) is 0 Å². The number of urea groups is 1. The van der Waals surface area contributed by atoms with Crippen LogP contribution >= 0.6 is 11.8 Å². The lowest BCUT2D eigenvalue weighted by atomic mass is 9.95. The molecule has 1 aliphatic rings. The number of thioether (sulfide) groups is 1. The summed E-state index contributed by atoms with van der Waals surface area (Å²) >= 11 is 1.96. The molecule has 2 amide bonds. The van der Waals surface area contributed by atoms with Crippen LogP contribution in [0.4, 0.5) is 4.79 Å². The van der Waals surface area contributed by atoms with Crippen molar-refractivity contribution in [3.8, 4) is 0 Å². The highest BCUT2D eigenvalue weighted by Gasteiger charge is 2.26. The van der Waals surface area contributed by atoms with Crippen molar-refractivity contribution in [2.75, 3.05) is 19.5 Å². The van der Waals surface area contributed by atoms with E-state index in [4.69, 9.17) is 4.74 Å². The minimum absolute atomic E-state index is 0.0517. The third-order valence-electron chi connectivity index (χ3n) is 3.19. The number of carbonyl (C=O) groups excluding carboxylic acids is 1. The van der Waals surface area contributed by atoms with Gasteiger partial charge in [-0.15, -0.1) is 0 Å². The zero-order valence-corrected chi connectivity index (χ0v) is 12.5. The molecule has 106 valence electrons. The largest absolute Gasteiger partial charge is 0.383 e. The van der Waals surface area contributed by atoms with E-state index in [2.05, 4.69) is 17.6 Å². The van der Waals surface area contributed by atoms with E-state index in [9.17, 15) is 4.79 Å². The van der Waals surface area contributed by atoms with Gasteiger partial charge in [-0.2, -0.15) is 11.8 Å². The van der Waals surface area contributed by atoms with E-state index in [-0.39, 0.29) is 12.1 Å². The second-order valence-corrected chi connectivity index (χ2v) is 6.38. The van der Waals surface area contributed by atoms with Gasteiger partial charge < -0.3 is 15.4 Å². The Morgan fingerprint density at radius 3 is 2.83 bits per heavy atom. The summed E-state index contributed by atoms with van der Waals surface area (Å²) in [5, 5.41) is 6.60. The van der Waals surface area contributed by atoms with Gasteiger partial charge in [0.15, 0.2) is 0 Å².